The minimum Gasteiger partial charge on any atom is -0.398 e. The molecule has 4 rings (SSSR count). The van der Waals surface area contributed by atoms with Gasteiger partial charge in [-0.05, 0) is 62.4 Å². The fraction of sp³-hybridized carbons (Fsp3) is 0.391. The Labute approximate surface area is 178 Å². The van der Waals surface area contributed by atoms with Gasteiger partial charge in [-0.3, -0.25) is 9.59 Å². The number of nitrogens with two attached hydrogens (primary N) is 1. The monoisotopic (exact) mass is 413 g/mol. The Kier molecular flexibility index (Phi) is 6.48. The second-order valence-corrected chi connectivity index (χ2v) is 7.89. The van der Waals surface area contributed by atoms with E-state index in [2.05, 4.69) is 0 Å². The molecule has 1 saturated heterocycles. The van der Waals surface area contributed by atoms with Gasteiger partial charge in [0.2, 0.25) is 5.91 Å². The SMILES string of the molecule is Cc1ccc(C(=O)N2CCCC(C(=O)N3CCCc4c(N)cccc43)C2)cc1.Cl. The van der Waals surface area contributed by atoms with Crippen LogP contribution >= 0.6 is 12.4 Å². The van der Waals surface area contributed by atoms with Gasteiger partial charge in [-0.15, -0.1) is 12.4 Å². The molecule has 0 saturated carbocycles. The molecule has 5 nitrogen and oxygen atoms in total. The Balaban J connectivity index is 0.00000240. The molecule has 2 aliphatic heterocycles. The quantitative estimate of drug-likeness (QED) is 0.761. The van der Waals surface area contributed by atoms with Crippen LogP contribution in [-0.4, -0.2) is 36.3 Å². The number of nitrogens with zero attached hydrogens (tertiary/aromatic N) is 2. The zero-order valence-corrected chi connectivity index (χ0v) is 17.6. The number of anilines is 2. The van der Waals surface area contributed by atoms with Gasteiger partial charge >= 0.3 is 0 Å². The average molecular weight is 414 g/mol. The summed E-state index contributed by atoms with van der Waals surface area (Å²) in [5.41, 5.74) is 10.7. The Morgan fingerprint density at radius 1 is 1.03 bits per heavy atom. The van der Waals surface area contributed by atoms with Crippen molar-refractivity contribution in [2.45, 2.75) is 32.6 Å². The van der Waals surface area contributed by atoms with E-state index in [-0.39, 0.29) is 30.1 Å². The maximum Gasteiger partial charge on any atom is 0.253 e. The Morgan fingerprint density at radius 2 is 1.79 bits per heavy atom. The van der Waals surface area contributed by atoms with E-state index in [0.717, 1.165) is 54.7 Å². The van der Waals surface area contributed by atoms with Crippen molar-refractivity contribution >= 4 is 35.6 Å². The minimum atomic E-state index is -0.157. The first-order chi connectivity index (χ1) is 13.5. The van der Waals surface area contributed by atoms with E-state index >= 15 is 0 Å². The number of rotatable bonds is 2. The van der Waals surface area contributed by atoms with Crippen LogP contribution < -0.4 is 10.6 Å². The topological polar surface area (TPSA) is 66.6 Å². The maximum absolute atomic E-state index is 13.3. The Hall–Kier alpha value is -2.53. The molecule has 2 amide bonds. The highest BCUT2D eigenvalue weighted by Gasteiger charge is 2.34. The van der Waals surface area contributed by atoms with Crippen LogP contribution in [-0.2, 0) is 11.2 Å². The maximum atomic E-state index is 13.3. The lowest BCUT2D eigenvalue weighted by molar-refractivity contribution is -0.123. The first-order valence-corrected chi connectivity index (χ1v) is 10.1. The second kappa shape index (κ2) is 8.87. The van der Waals surface area contributed by atoms with Gasteiger partial charge in [-0.1, -0.05) is 23.8 Å². The number of benzene rings is 2. The lowest BCUT2D eigenvalue weighted by atomic mass is 9.93. The predicted octanol–water partition coefficient (Wildman–Crippen LogP) is 3.83. The van der Waals surface area contributed by atoms with Gasteiger partial charge in [0, 0.05) is 36.6 Å². The summed E-state index contributed by atoms with van der Waals surface area (Å²) in [7, 11) is 0. The van der Waals surface area contributed by atoms with Gasteiger partial charge in [-0.2, -0.15) is 0 Å². The van der Waals surface area contributed by atoms with Gasteiger partial charge in [0.25, 0.3) is 5.91 Å². The Morgan fingerprint density at radius 3 is 2.55 bits per heavy atom. The van der Waals surface area contributed by atoms with Crippen molar-refractivity contribution < 1.29 is 9.59 Å². The highest BCUT2D eigenvalue weighted by Crippen LogP contribution is 2.33. The molecule has 0 aliphatic carbocycles. The molecule has 1 atom stereocenters. The van der Waals surface area contributed by atoms with Crippen LogP contribution in [0.4, 0.5) is 11.4 Å². The molecular formula is C23H28ClN3O2. The third-order valence-corrected chi connectivity index (χ3v) is 5.91. The van der Waals surface area contributed by atoms with Crippen molar-refractivity contribution in [3.8, 4) is 0 Å². The fourth-order valence-electron chi connectivity index (χ4n) is 4.34. The van der Waals surface area contributed by atoms with Crippen LogP contribution in [0, 0.1) is 12.8 Å². The number of aryl methyl sites for hydroxylation is 1. The lowest BCUT2D eigenvalue weighted by Gasteiger charge is -2.37. The van der Waals surface area contributed by atoms with Crippen LogP contribution in [0.5, 0.6) is 0 Å². The molecule has 0 aromatic heterocycles. The molecule has 0 spiro atoms. The molecule has 154 valence electrons. The molecule has 2 aliphatic rings. The largest absolute Gasteiger partial charge is 0.398 e. The molecule has 2 aromatic rings. The number of carbonyl (C=O) groups is 2. The molecule has 0 bridgehead atoms. The summed E-state index contributed by atoms with van der Waals surface area (Å²) in [4.78, 5) is 29.9. The number of nitrogen functional groups attached to an aromatic ring is 1. The number of hydrogen-bond donors (Lipinski definition) is 1. The van der Waals surface area contributed by atoms with E-state index in [9.17, 15) is 9.59 Å². The van der Waals surface area contributed by atoms with E-state index in [0.29, 0.717) is 18.7 Å². The molecule has 29 heavy (non-hydrogen) atoms. The molecule has 2 N–H and O–H groups in total. The molecule has 0 radical (unpaired) electrons. The summed E-state index contributed by atoms with van der Waals surface area (Å²) in [6, 6.07) is 13.4. The predicted molar refractivity (Wildman–Crippen MR) is 119 cm³/mol. The zero-order valence-electron chi connectivity index (χ0n) is 16.8. The number of carbonyl (C=O) groups excluding carboxylic acids is 2. The van der Waals surface area contributed by atoms with Gasteiger partial charge < -0.3 is 15.5 Å². The number of amides is 2. The number of hydrogen-bond acceptors (Lipinski definition) is 3. The summed E-state index contributed by atoms with van der Waals surface area (Å²) in [6.45, 7) is 3.92. The molecule has 6 heteroatoms. The van der Waals surface area contributed by atoms with E-state index in [1.807, 2.05) is 59.2 Å². The van der Waals surface area contributed by atoms with Crippen LogP contribution in [0.1, 0.15) is 40.7 Å². The summed E-state index contributed by atoms with van der Waals surface area (Å²) in [6.07, 6.45) is 3.51. The van der Waals surface area contributed by atoms with Crippen molar-refractivity contribution in [2.75, 3.05) is 30.3 Å². The Bertz CT molecular complexity index is 897. The van der Waals surface area contributed by atoms with Crippen LogP contribution in [0.3, 0.4) is 0 Å². The highest BCUT2D eigenvalue weighted by atomic mass is 35.5. The van der Waals surface area contributed by atoms with E-state index in [1.165, 1.54) is 0 Å². The van der Waals surface area contributed by atoms with Gasteiger partial charge in [0.05, 0.1) is 5.92 Å². The van der Waals surface area contributed by atoms with Gasteiger partial charge in [0.1, 0.15) is 0 Å². The van der Waals surface area contributed by atoms with Crippen molar-refractivity contribution in [2.24, 2.45) is 5.92 Å². The van der Waals surface area contributed by atoms with Crippen LogP contribution in [0.25, 0.3) is 0 Å². The summed E-state index contributed by atoms with van der Waals surface area (Å²) in [5.74, 6) is -0.0238. The third kappa shape index (κ3) is 4.25. The first-order valence-electron chi connectivity index (χ1n) is 10.1. The fourth-order valence-corrected chi connectivity index (χ4v) is 4.34. The van der Waals surface area contributed by atoms with Crippen molar-refractivity contribution in [3.63, 3.8) is 0 Å². The molecule has 2 heterocycles. The standard InChI is InChI=1S/C23H27N3O2.ClH/c1-16-9-11-17(12-10-16)22(27)25-13-3-5-18(15-25)23(28)26-14-4-6-19-20(24)7-2-8-21(19)26;/h2,7-12,18H,3-6,13-15,24H2,1H3;1H. The number of likely N-dealkylation sites (tertiary alicyclic amines) is 1. The molecule has 1 fully saturated rings. The number of fused-ring (bicyclic) bond motifs is 1. The van der Waals surface area contributed by atoms with Crippen molar-refractivity contribution in [3.05, 3.63) is 59.2 Å². The normalized spacial score (nSPS) is 18.6. The van der Waals surface area contributed by atoms with Crippen molar-refractivity contribution in [1.29, 1.82) is 0 Å². The second-order valence-electron chi connectivity index (χ2n) is 7.89. The average Bonchev–Trinajstić information content (AvgIpc) is 2.73. The lowest BCUT2D eigenvalue weighted by Crippen LogP contribution is -2.48. The first kappa shape index (κ1) is 21.2. The van der Waals surface area contributed by atoms with E-state index in [1.54, 1.807) is 0 Å². The van der Waals surface area contributed by atoms with Gasteiger partial charge in [-0.25, -0.2) is 0 Å². The number of piperidine rings is 1. The minimum absolute atomic E-state index is 0. The van der Waals surface area contributed by atoms with E-state index in [4.69, 9.17) is 5.73 Å². The highest BCUT2D eigenvalue weighted by molar-refractivity contribution is 5.98. The van der Waals surface area contributed by atoms with Crippen molar-refractivity contribution in [1.82, 2.24) is 4.90 Å². The van der Waals surface area contributed by atoms with Crippen LogP contribution in [0.15, 0.2) is 42.5 Å². The number of halogens is 1. The smallest absolute Gasteiger partial charge is 0.253 e. The van der Waals surface area contributed by atoms with Gasteiger partial charge in [0.15, 0.2) is 0 Å². The summed E-state index contributed by atoms with van der Waals surface area (Å²) in [5, 5.41) is 0. The zero-order chi connectivity index (χ0) is 19.7. The molecular weight excluding hydrogens is 386 g/mol. The van der Waals surface area contributed by atoms with E-state index < -0.39 is 0 Å². The summed E-state index contributed by atoms with van der Waals surface area (Å²) >= 11 is 0. The van der Waals surface area contributed by atoms with Crippen LogP contribution in [0.2, 0.25) is 0 Å². The third-order valence-electron chi connectivity index (χ3n) is 5.91. The molecule has 1 unspecified atom stereocenters. The molecule has 2 aromatic carbocycles. The summed E-state index contributed by atoms with van der Waals surface area (Å²) < 4.78 is 0.